The molecule has 0 atom stereocenters. The molecule has 1 aromatic rings. The van der Waals surface area contributed by atoms with Gasteiger partial charge in [-0.05, 0) is 31.9 Å². The summed E-state index contributed by atoms with van der Waals surface area (Å²) in [6.07, 6.45) is 0. The van der Waals surface area contributed by atoms with Gasteiger partial charge in [0.25, 0.3) is 0 Å². The second-order valence-electron chi connectivity index (χ2n) is 7.69. The Bertz CT molecular complexity index is 562. The molecular weight excluding hydrogens is 326 g/mol. The van der Waals surface area contributed by atoms with E-state index in [0.29, 0.717) is 0 Å². The summed E-state index contributed by atoms with van der Waals surface area (Å²) in [5, 5.41) is 10.3. The van der Waals surface area contributed by atoms with Crippen LogP contribution in [0.5, 0.6) is 0 Å². The van der Waals surface area contributed by atoms with Crippen LogP contribution in [0.1, 0.15) is 31.9 Å². The van der Waals surface area contributed by atoms with Crippen LogP contribution >= 0.6 is 0 Å². The Labute approximate surface area is 158 Å². The van der Waals surface area contributed by atoms with E-state index in [1.165, 1.54) is 11.1 Å². The fraction of sp³-hybridized carbons (Fsp3) is 0.650. The Hall–Kier alpha value is -1.63. The van der Waals surface area contributed by atoms with Gasteiger partial charge >= 0.3 is 0 Å². The minimum absolute atomic E-state index is 0.136. The molecule has 0 spiro atoms. The molecule has 1 aliphatic rings. The second kappa shape index (κ2) is 10.5. The van der Waals surface area contributed by atoms with Crippen molar-refractivity contribution < 1.29 is 4.74 Å². The van der Waals surface area contributed by atoms with Crippen molar-refractivity contribution in [3.8, 4) is 0 Å². The average Bonchev–Trinajstić information content (AvgIpc) is 2.62. The first kappa shape index (κ1) is 20.7. The first-order valence-electron chi connectivity index (χ1n) is 9.54. The molecule has 0 bridgehead atoms. The van der Waals surface area contributed by atoms with Crippen molar-refractivity contribution in [2.75, 3.05) is 46.4 Å². The van der Waals surface area contributed by atoms with E-state index in [2.05, 4.69) is 70.9 Å². The van der Waals surface area contributed by atoms with E-state index in [4.69, 9.17) is 4.74 Å². The quantitative estimate of drug-likeness (QED) is 0.391. The molecule has 0 unspecified atom stereocenters. The highest BCUT2D eigenvalue weighted by molar-refractivity contribution is 5.79. The third kappa shape index (κ3) is 7.72. The van der Waals surface area contributed by atoms with E-state index in [1.807, 2.05) is 7.05 Å². The largest absolute Gasteiger partial charge is 0.379 e. The van der Waals surface area contributed by atoms with Crippen molar-refractivity contribution in [3.63, 3.8) is 0 Å². The van der Waals surface area contributed by atoms with E-state index < -0.39 is 0 Å². The van der Waals surface area contributed by atoms with Crippen LogP contribution in [-0.2, 0) is 17.8 Å². The number of rotatable bonds is 7. The van der Waals surface area contributed by atoms with Gasteiger partial charge in [0.1, 0.15) is 0 Å². The highest BCUT2D eigenvalue weighted by atomic mass is 16.5. The highest BCUT2D eigenvalue weighted by Crippen LogP contribution is 2.12. The summed E-state index contributed by atoms with van der Waals surface area (Å²) in [4.78, 5) is 6.77. The molecule has 146 valence electrons. The summed E-state index contributed by atoms with van der Waals surface area (Å²) < 4.78 is 5.45. The van der Waals surface area contributed by atoms with Gasteiger partial charge in [-0.3, -0.25) is 9.89 Å². The molecule has 0 amide bonds. The summed E-state index contributed by atoms with van der Waals surface area (Å²) in [7, 11) is 1.81. The number of aliphatic imine (C=N–C) groups is 1. The number of ether oxygens (including phenoxy) is 1. The van der Waals surface area contributed by atoms with E-state index in [9.17, 15) is 0 Å². The van der Waals surface area contributed by atoms with Crippen LogP contribution in [0.25, 0.3) is 0 Å². The number of morpholine rings is 1. The maximum absolute atomic E-state index is 5.45. The second-order valence-corrected chi connectivity index (χ2v) is 7.69. The van der Waals surface area contributed by atoms with E-state index in [0.717, 1.165) is 58.4 Å². The van der Waals surface area contributed by atoms with Gasteiger partial charge in [-0.15, -0.1) is 0 Å². The zero-order valence-corrected chi connectivity index (χ0v) is 16.8. The lowest BCUT2D eigenvalue weighted by molar-refractivity contribution is 0.0341. The van der Waals surface area contributed by atoms with Crippen LogP contribution in [0.3, 0.4) is 0 Å². The normalized spacial score (nSPS) is 16.5. The minimum atomic E-state index is 0.136. The molecule has 2 rings (SSSR count). The molecule has 0 aliphatic carbocycles. The average molecular weight is 362 g/mol. The molecule has 0 saturated carbocycles. The fourth-order valence-corrected chi connectivity index (χ4v) is 2.90. The first-order valence-corrected chi connectivity index (χ1v) is 9.54. The number of guanidine groups is 1. The van der Waals surface area contributed by atoms with Crippen LogP contribution in [-0.4, -0.2) is 62.8 Å². The summed E-state index contributed by atoms with van der Waals surface area (Å²) in [6, 6.07) is 8.63. The molecule has 26 heavy (non-hydrogen) atoms. The zero-order valence-electron chi connectivity index (χ0n) is 16.8. The van der Waals surface area contributed by atoms with Crippen molar-refractivity contribution in [1.29, 1.82) is 0 Å². The lowest BCUT2D eigenvalue weighted by atomic mass is 10.1. The van der Waals surface area contributed by atoms with E-state index >= 15 is 0 Å². The highest BCUT2D eigenvalue weighted by Gasteiger charge is 2.13. The molecule has 1 aromatic carbocycles. The van der Waals surface area contributed by atoms with Crippen molar-refractivity contribution in [1.82, 2.24) is 20.9 Å². The molecule has 6 heteroatoms. The summed E-state index contributed by atoms with van der Waals surface area (Å²) in [6.45, 7) is 13.7. The van der Waals surface area contributed by atoms with Gasteiger partial charge in [0.15, 0.2) is 5.96 Å². The molecule has 1 fully saturated rings. The van der Waals surface area contributed by atoms with Gasteiger partial charge in [-0.1, -0.05) is 24.3 Å². The molecule has 0 aromatic heterocycles. The van der Waals surface area contributed by atoms with Crippen LogP contribution < -0.4 is 16.0 Å². The van der Waals surface area contributed by atoms with Gasteiger partial charge < -0.3 is 20.7 Å². The molecule has 1 aliphatic heterocycles. The Morgan fingerprint density at radius 3 is 2.42 bits per heavy atom. The standard InChI is InChI=1S/C20H35N5O/c1-20(2,3)24-10-9-22-19(21-4)23-15-17-7-5-6-8-18(17)16-25-11-13-26-14-12-25/h5-8,24H,9-16H2,1-4H3,(H2,21,22,23). The SMILES string of the molecule is CN=C(NCCNC(C)(C)C)NCc1ccccc1CN1CCOCC1. The molecular formula is C20H35N5O. The third-order valence-corrected chi connectivity index (χ3v) is 4.36. The molecule has 3 N–H and O–H groups in total. The van der Waals surface area contributed by atoms with Crippen molar-refractivity contribution in [2.45, 2.75) is 39.4 Å². The van der Waals surface area contributed by atoms with Crippen LogP contribution in [0.15, 0.2) is 29.3 Å². The summed E-state index contributed by atoms with van der Waals surface area (Å²) in [5.41, 5.74) is 2.82. The Kier molecular flexibility index (Phi) is 8.35. The lowest BCUT2D eigenvalue weighted by Crippen LogP contribution is -2.44. The van der Waals surface area contributed by atoms with Crippen molar-refractivity contribution >= 4 is 5.96 Å². The molecule has 6 nitrogen and oxygen atoms in total. The third-order valence-electron chi connectivity index (χ3n) is 4.36. The number of hydrogen-bond acceptors (Lipinski definition) is 4. The minimum Gasteiger partial charge on any atom is -0.379 e. The van der Waals surface area contributed by atoms with Crippen molar-refractivity contribution in [3.05, 3.63) is 35.4 Å². The first-order chi connectivity index (χ1) is 12.5. The van der Waals surface area contributed by atoms with Crippen LogP contribution in [0, 0.1) is 0 Å². The maximum atomic E-state index is 5.45. The smallest absolute Gasteiger partial charge is 0.191 e. The fourth-order valence-electron chi connectivity index (χ4n) is 2.90. The zero-order chi connectivity index (χ0) is 18.8. The van der Waals surface area contributed by atoms with Gasteiger partial charge in [-0.2, -0.15) is 0 Å². The molecule has 0 radical (unpaired) electrons. The van der Waals surface area contributed by atoms with Crippen LogP contribution in [0.2, 0.25) is 0 Å². The Morgan fingerprint density at radius 1 is 1.08 bits per heavy atom. The predicted octanol–water partition coefficient (Wildman–Crippen LogP) is 1.57. The van der Waals surface area contributed by atoms with Crippen LogP contribution in [0.4, 0.5) is 0 Å². The number of benzene rings is 1. The number of nitrogens with one attached hydrogen (secondary N) is 3. The summed E-state index contributed by atoms with van der Waals surface area (Å²) in [5.74, 6) is 0.835. The monoisotopic (exact) mass is 361 g/mol. The lowest BCUT2D eigenvalue weighted by Gasteiger charge is -2.27. The maximum Gasteiger partial charge on any atom is 0.191 e. The van der Waals surface area contributed by atoms with Gasteiger partial charge in [0.05, 0.1) is 13.2 Å². The molecule has 1 heterocycles. The summed E-state index contributed by atoms with van der Waals surface area (Å²) >= 11 is 0. The number of nitrogens with zero attached hydrogens (tertiary/aromatic N) is 2. The molecule has 1 saturated heterocycles. The topological polar surface area (TPSA) is 60.9 Å². The Morgan fingerprint density at radius 2 is 1.77 bits per heavy atom. The predicted molar refractivity (Wildman–Crippen MR) is 108 cm³/mol. The van der Waals surface area contributed by atoms with Crippen molar-refractivity contribution in [2.24, 2.45) is 4.99 Å². The number of hydrogen-bond donors (Lipinski definition) is 3. The van der Waals surface area contributed by atoms with Gasteiger partial charge in [0.2, 0.25) is 0 Å². The van der Waals surface area contributed by atoms with E-state index in [1.54, 1.807) is 0 Å². The van der Waals surface area contributed by atoms with E-state index in [-0.39, 0.29) is 5.54 Å². The Balaban J connectivity index is 1.81. The van der Waals surface area contributed by atoms with Gasteiger partial charge in [0, 0.05) is 51.9 Å². The van der Waals surface area contributed by atoms with Gasteiger partial charge in [-0.25, -0.2) is 0 Å².